The van der Waals surface area contributed by atoms with Gasteiger partial charge in [0, 0.05) is 30.5 Å². The van der Waals surface area contributed by atoms with Gasteiger partial charge in [-0.2, -0.15) is 0 Å². The van der Waals surface area contributed by atoms with E-state index in [0.29, 0.717) is 16.1 Å². The van der Waals surface area contributed by atoms with E-state index in [2.05, 4.69) is 5.32 Å². The highest BCUT2D eigenvalue weighted by atomic mass is 35.5. The summed E-state index contributed by atoms with van der Waals surface area (Å²) >= 11 is 6.03. The number of carbonyl (C=O) groups is 3. The molecule has 1 fully saturated rings. The highest BCUT2D eigenvalue weighted by Crippen LogP contribution is 2.39. The molecule has 7 nitrogen and oxygen atoms in total. The zero-order valence-electron chi connectivity index (χ0n) is 21.9. The van der Waals surface area contributed by atoms with Crippen LogP contribution in [0.15, 0.2) is 42.5 Å². The molecule has 0 spiro atoms. The van der Waals surface area contributed by atoms with E-state index in [-0.39, 0.29) is 19.3 Å². The Bertz CT molecular complexity index is 1150. The molecule has 1 aliphatic heterocycles. The second-order valence-corrected chi connectivity index (χ2v) is 11.1. The predicted molar refractivity (Wildman–Crippen MR) is 137 cm³/mol. The molecule has 2 aromatic carbocycles. The fourth-order valence-electron chi connectivity index (χ4n) is 4.24. The van der Waals surface area contributed by atoms with Gasteiger partial charge < -0.3 is 19.5 Å². The number of carbonyl (C=O) groups excluding carboxylic acids is 3. The minimum atomic E-state index is -1.58. The second-order valence-electron chi connectivity index (χ2n) is 10.7. The van der Waals surface area contributed by atoms with E-state index in [1.165, 1.54) is 26.0 Å². The molecule has 9 heteroatoms. The Morgan fingerprint density at radius 3 is 2.22 bits per heavy atom. The molecule has 1 saturated heterocycles. The maximum Gasteiger partial charge on any atom is 0.407 e. The normalized spacial score (nSPS) is 17.4. The van der Waals surface area contributed by atoms with Gasteiger partial charge >= 0.3 is 18.0 Å². The van der Waals surface area contributed by atoms with Crippen LogP contribution in [0.5, 0.6) is 0 Å². The van der Waals surface area contributed by atoms with Gasteiger partial charge in [-0.25, -0.2) is 9.18 Å². The van der Waals surface area contributed by atoms with Gasteiger partial charge in [-0.1, -0.05) is 42.8 Å². The number of cyclic esters (lactones) is 2. The molecule has 1 aliphatic rings. The van der Waals surface area contributed by atoms with Gasteiger partial charge in [-0.3, -0.25) is 9.59 Å². The van der Waals surface area contributed by atoms with Crippen molar-refractivity contribution in [3.05, 3.63) is 58.9 Å². The van der Waals surface area contributed by atoms with Crippen LogP contribution in [-0.4, -0.2) is 35.5 Å². The standard InChI is InChI=1S/C28H33ClFNO6/c1-7-28(23(32)35-27(5,6)36-24(28)33)16-20(31-25(34)37-26(2,3)4)14-17-8-10-18(11-9-17)21-15-19(29)12-13-22(21)30/h8-13,15,20H,7,14,16H2,1-6H3,(H,31,34). The summed E-state index contributed by atoms with van der Waals surface area (Å²) in [6.45, 7) is 9.88. The molecule has 0 radical (unpaired) electrons. The Hall–Kier alpha value is -3.13. The molecule has 1 atom stereocenters. The van der Waals surface area contributed by atoms with Crippen LogP contribution in [0.4, 0.5) is 9.18 Å². The Balaban J connectivity index is 1.88. The maximum absolute atomic E-state index is 14.3. The molecule has 0 saturated carbocycles. The summed E-state index contributed by atoms with van der Waals surface area (Å²) in [7, 11) is 0. The average Bonchev–Trinajstić information content (AvgIpc) is 2.76. The molecule has 0 aromatic heterocycles. The number of benzene rings is 2. The van der Waals surface area contributed by atoms with Crippen molar-refractivity contribution in [3.8, 4) is 11.1 Å². The first kappa shape index (κ1) is 28.4. The summed E-state index contributed by atoms with van der Waals surface area (Å²) in [4.78, 5) is 38.7. The number of ether oxygens (including phenoxy) is 3. The number of rotatable bonds is 7. The Morgan fingerprint density at radius 1 is 1.08 bits per heavy atom. The van der Waals surface area contributed by atoms with Gasteiger partial charge in [0.05, 0.1) is 0 Å². The largest absolute Gasteiger partial charge is 0.444 e. The van der Waals surface area contributed by atoms with Crippen LogP contribution in [-0.2, 0) is 30.2 Å². The molecule has 1 heterocycles. The molecule has 3 rings (SSSR count). The van der Waals surface area contributed by atoms with E-state index in [4.69, 9.17) is 25.8 Å². The molecular formula is C28H33ClFNO6. The van der Waals surface area contributed by atoms with E-state index in [1.807, 2.05) is 0 Å². The van der Waals surface area contributed by atoms with Gasteiger partial charge in [0.1, 0.15) is 11.4 Å². The maximum atomic E-state index is 14.3. The van der Waals surface area contributed by atoms with Crippen LogP contribution < -0.4 is 5.32 Å². The van der Waals surface area contributed by atoms with Crippen molar-refractivity contribution >= 4 is 29.6 Å². The molecule has 2 aromatic rings. The van der Waals surface area contributed by atoms with Crippen LogP contribution in [0.3, 0.4) is 0 Å². The Morgan fingerprint density at radius 2 is 1.68 bits per heavy atom. The van der Waals surface area contributed by atoms with Crippen molar-refractivity contribution in [2.45, 2.75) is 78.2 Å². The van der Waals surface area contributed by atoms with Crippen molar-refractivity contribution in [2.24, 2.45) is 5.41 Å². The zero-order valence-corrected chi connectivity index (χ0v) is 22.7. The van der Waals surface area contributed by atoms with Gasteiger partial charge in [0.2, 0.25) is 0 Å². The number of halogens is 2. The van der Waals surface area contributed by atoms with E-state index < -0.39 is 46.7 Å². The summed E-state index contributed by atoms with van der Waals surface area (Å²) in [6, 6.07) is 10.7. The summed E-state index contributed by atoms with van der Waals surface area (Å²) in [5.74, 6) is -3.16. The average molecular weight is 534 g/mol. The van der Waals surface area contributed by atoms with Crippen LogP contribution in [0, 0.1) is 11.2 Å². The van der Waals surface area contributed by atoms with Crippen molar-refractivity contribution in [1.29, 1.82) is 0 Å². The van der Waals surface area contributed by atoms with Gasteiger partial charge in [0.15, 0.2) is 5.41 Å². The third-order valence-electron chi connectivity index (χ3n) is 6.05. The van der Waals surface area contributed by atoms with Crippen molar-refractivity contribution < 1.29 is 33.0 Å². The van der Waals surface area contributed by atoms with E-state index >= 15 is 0 Å². The molecule has 1 unspecified atom stereocenters. The number of hydrogen-bond acceptors (Lipinski definition) is 6. The summed E-state index contributed by atoms with van der Waals surface area (Å²) in [6.07, 6.45) is -0.343. The first-order valence-corrected chi connectivity index (χ1v) is 12.5. The highest BCUT2D eigenvalue weighted by molar-refractivity contribution is 6.30. The predicted octanol–water partition coefficient (Wildman–Crippen LogP) is 6.20. The number of hydrogen-bond donors (Lipinski definition) is 1. The van der Waals surface area contributed by atoms with Crippen LogP contribution >= 0.6 is 11.6 Å². The second kappa shape index (κ2) is 10.7. The quantitative estimate of drug-likeness (QED) is 0.336. The van der Waals surface area contributed by atoms with Crippen LogP contribution in [0.2, 0.25) is 5.02 Å². The first-order valence-electron chi connectivity index (χ1n) is 12.1. The zero-order chi connectivity index (χ0) is 27.6. The molecule has 37 heavy (non-hydrogen) atoms. The van der Waals surface area contributed by atoms with E-state index in [0.717, 1.165) is 5.56 Å². The lowest BCUT2D eigenvalue weighted by atomic mass is 9.77. The Kier molecular flexibility index (Phi) is 8.22. The van der Waals surface area contributed by atoms with E-state index in [1.54, 1.807) is 58.0 Å². The van der Waals surface area contributed by atoms with Gasteiger partial charge in [-0.15, -0.1) is 0 Å². The summed E-state index contributed by atoms with van der Waals surface area (Å²) in [5, 5.41) is 3.22. The third-order valence-corrected chi connectivity index (χ3v) is 6.29. The fraction of sp³-hybridized carbons (Fsp3) is 0.464. The number of esters is 2. The van der Waals surface area contributed by atoms with Crippen molar-refractivity contribution in [2.75, 3.05) is 0 Å². The van der Waals surface area contributed by atoms with Crippen LogP contribution in [0.25, 0.3) is 11.1 Å². The van der Waals surface area contributed by atoms with Crippen molar-refractivity contribution in [1.82, 2.24) is 5.32 Å². The molecule has 0 bridgehead atoms. The van der Waals surface area contributed by atoms with E-state index in [9.17, 15) is 18.8 Å². The topological polar surface area (TPSA) is 90.9 Å². The summed E-state index contributed by atoms with van der Waals surface area (Å²) in [5.41, 5.74) is -0.544. The highest BCUT2D eigenvalue weighted by Gasteiger charge is 2.56. The lowest BCUT2D eigenvalue weighted by Crippen LogP contribution is -2.56. The SMILES string of the molecule is CCC1(CC(Cc2ccc(-c3cc(Cl)ccc3F)cc2)NC(=O)OC(C)(C)C)C(=O)OC(C)(C)OC1=O. The lowest BCUT2D eigenvalue weighted by Gasteiger charge is -2.41. The third kappa shape index (κ3) is 7.01. The molecule has 1 amide bonds. The van der Waals surface area contributed by atoms with Gasteiger partial charge in [0.25, 0.3) is 5.79 Å². The fourth-order valence-corrected chi connectivity index (χ4v) is 4.41. The monoisotopic (exact) mass is 533 g/mol. The minimum Gasteiger partial charge on any atom is -0.444 e. The lowest BCUT2D eigenvalue weighted by molar-refractivity contribution is -0.252. The van der Waals surface area contributed by atoms with Crippen molar-refractivity contribution in [3.63, 3.8) is 0 Å². The molecule has 1 N–H and O–H groups in total. The molecule has 0 aliphatic carbocycles. The van der Waals surface area contributed by atoms with Gasteiger partial charge in [-0.05, 0) is 69.4 Å². The Labute approximate surface area is 221 Å². The minimum absolute atomic E-state index is 0.0544. The summed E-state index contributed by atoms with van der Waals surface area (Å²) < 4.78 is 30.5. The number of nitrogens with one attached hydrogen (secondary N) is 1. The van der Waals surface area contributed by atoms with Crippen LogP contribution in [0.1, 0.15) is 59.9 Å². The smallest absolute Gasteiger partial charge is 0.407 e. The number of alkyl carbamates (subject to hydrolysis) is 1. The molecule has 200 valence electrons. The first-order chi connectivity index (χ1) is 17.1. The number of amides is 1. The molecular weight excluding hydrogens is 501 g/mol.